The minimum Gasteiger partial charge on any atom is -0.366 e. The average Bonchev–Trinajstić information content (AvgIpc) is 2.88. The highest BCUT2D eigenvalue weighted by Crippen LogP contribution is 2.41. The summed E-state index contributed by atoms with van der Waals surface area (Å²) in [5.74, 6) is -0.357. The first-order valence-corrected chi connectivity index (χ1v) is 9.11. The number of β-amino-alcohol motifs (C(OH)–C–C–N with tert-alkyl or cyclic N) is 1. The van der Waals surface area contributed by atoms with Gasteiger partial charge >= 0.3 is 0 Å². The molecule has 2 amide bonds. The van der Waals surface area contributed by atoms with E-state index in [1.165, 1.54) is 11.8 Å². The van der Waals surface area contributed by atoms with Crippen LogP contribution in [0.4, 0.5) is 14.5 Å². The van der Waals surface area contributed by atoms with Crippen molar-refractivity contribution in [2.45, 2.75) is 32.2 Å². The van der Waals surface area contributed by atoms with Crippen molar-refractivity contribution in [3.05, 3.63) is 28.2 Å². The highest BCUT2D eigenvalue weighted by atomic mass is 35.5. The van der Waals surface area contributed by atoms with E-state index < -0.39 is 36.1 Å². The number of aromatic amines is 1. The fraction of sp³-hybridized carbons (Fsp3) is 0.368. The van der Waals surface area contributed by atoms with Crippen LogP contribution in [0.2, 0.25) is 5.02 Å². The predicted molar refractivity (Wildman–Crippen MR) is 105 cm³/mol. The zero-order valence-corrected chi connectivity index (χ0v) is 16.5. The number of nitrogens with two attached hydrogens (primary N) is 1. The number of aryl methyl sites for hydroxylation is 1. The van der Waals surface area contributed by atoms with Gasteiger partial charge in [-0.3, -0.25) is 9.59 Å². The van der Waals surface area contributed by atoms with Gasteiger partial charge in [-0.1, -0.05) is 17.5 Å². The van der Waals surface area contributed by atoms with Gasteiger partial charge in [0, 0.05) is 24.0 Å². The molecule has 10 heteroatoms. The van der Waals surface area contributed by atoms with Crippen LogP contribution < -0.4 is 16.0 Å². The number of fused-ring (bicyclic) bond motifs is 1. The number of benzene rings is 1. The number of amides is 2. The number of nitrogens with zero attached hydrogens (tertiary/aromatic N) is 1. The lowest BCUT2D eigenvalue weighted by Crippen LogP contribution is -2.57. The van der Waals surface area contributed by atoms with E-state index in [1.54, 1.807) is 6.92 Å². The van der Waals surface area contributed by atoms with Gasteiger partial charge in [-0.15, -0.1) is 0 Å². The van der Waals surface area contributed by atoms with E-state index in [1.807, 2.05) is 0 Å². The number of halogens is 3. The minimum atomic E-state index is -2.70. The first-order chi connectivity index (χ1) is 13.5. The third kappa shape index (κ3) is 3.99. The van der Waals surface area contributed by atoms with Crippen molar-refractivity contribution in [2.24, 2.45) is 5.73 Å². The van der Waals surface area contributed by atoms with Crippen molar-refractivity contribution in [1.82, 2.24) is 10.3 Å². The van der Waals surface area contributed by atoms with Gasteiger partial charge in [0.05, 0.1) is 34.4 Å². The van der Waals surface area contributed by atoms with Gasteiger partial charge in [0.1, 0.15) is 5.82 Å². The van der Waals surface area contributed by atoms with E-state index in [4.69, 9.17) is 17.3 Å². The van der Waals surface area contributed by atoms with Gasteiger partial charge in [0.15, 0.2) is 0 Å². The molecule has 0 spiro atoms. The van der Waals surface area contributed by atoms with Gasteiger partial charge in [0.25, 0.3) is 11.8 Å². The Balaban J connectivity index is 2.12. The Morgan fingerprint density at radius 1 is 1.52 bits per heavy atom. The van der Waals surface area contributed by atoms with Crippen LogP contribution in [0.3, 0.4) is 0 Å². The van der Waals surface area contributed by atoms with Crippen molar-refractivity contribution in [3.8, 4) is 11.8 Å². The third-order valence-corrected chi connectivity index (χ3v) is 5.18. The summed E-state index contributed by atoms with van der Waals surface area (Å²) >= 11 is 6.33. The Hall–Kier alpha value is -2.83. The highest BCUT2D eigenvalue weighted by Gasteiger charge is 2.41. The number of carbonyl (C=O) groups is 2. The van der Waals surface area contributed by atoms with Crippen LogP contribution in [0, 0.1) is 24.6 Å². The summed E-state index contributed by atoms with van der Waals surface area (Å²) in [6.07, 6.45) is -0.384. The van der Waals surface area contributed by atoms with E-state index >= 15 is 4.39 Å². The standard InChI is InChI=1S/C19H19ClF2N4O3/c1-3-4-13(27)25-10-6-19(22,29)8-26(7-10)17-12(21)5-11(18(23)28)16-14(17)15(20)9(2)24-16/h5,10,24,29H,6-8H2,1-2H3,(H2,23,28)(H,25,27)/t10-,19?/m0/s1. The number of aliphatic hydroxyl groups is 1. The molecule has 2 heterocycles. The van der Waals surface area contributed by atoms with Gasteiger partial charge in [-0.05, 0) is 25.8 Å². The highest BCUT2D eigenvalue weighted by molar-refractivity contribution is 6.38. The molecule has 3 rings (SSSR count). The van der Waals surface area contributed by atoms with Crippen molar-refractivity contribution in [1.29, 1.82) is 0 Å². The lowest BCUT2D eigenvalue weighted by atomic mass is 9.98. The number of carbonyl (C=O) groups excluding carboxylic acids is 2. The van der Waals surface area contributed by atoms with Crippen LogP contribution in [0.5, 0.6) is 0 Å². The molecule has 2 aromatic rings. The second-order valence-electron chi connectivity index (χ2n) is 6.98. The summed E-state index contributed by atoms with van der Waals surface area (Å²) in [4.78, 5) is 27.6. The SMILES string of the molecule is CC#CC(=O)N[C@@H]1CN(c2c(F)cc(C(N)=O)c3[nH]c(C)c(Cl)c23)CC(O)(F)C1. The van der Waals surface area contributed by atoms with E-state index in [0.29, 0.717) is 5.69 Å². The normalized spacial score (nSPS) is 21.6. The predicted octanol–water partition coefficient (Wildman–Crippen LogP) is 1.74. The summed E-state index contributed by atoms with van der Waals surface area (Å²) in [5.41, 5.74) is 5.81. The van der Waals surface area contributed by atoms with Crippen molar-refractivity contribution >= 4 is 40.0 Å². The summed E-state index contributed by atoms with van der Waals surface area (Å²) in [6.45, 7) is 2.54. The molecule has 2 atom stereocenters. The number of aromatic nitrogens is 1. The van der Waals surface area contributed by atoms with E-state index in [-0.39, 0.29) is 40.1 Å². The molecule has 0 bridgehead atoms. The van der Waals surface area contributed by atoms with Crippen LogP contribution >= 0.6 is 11.6 Å². The zero-order valence-electron chi connectivity index (χ0n) is 15.7. The molecule has 1 aliphatic rings. The van der Waals surface area contributed by atoms with Crippen LogP contribution in [-0.2, 0) is 4.79 Å². The molecule has 0 radical (unpaired) electrons. The topological polar surface area (TPSA) is 111 Å². The second-order valence-corrected chi connectivity index (χ2v) is 7.36. The Morgan fingerprint density at radius 3 is 2.83 bits per heavy atom. The number of nitrogens with one attached hydrogen (secondary N) is 2. The Kier molecular flexibility index (Phi) is 5.43. The number of primary amides is 1. The molecule has 1 fully saturated rings. The van der Waals surface area contributed by atoms with Gasteiger partial charge in [-0.25, -0.2) is 8.78 Å². The van der Waals surface area contributed by atoms with Crippen LogP contribution in [0.15, 0.2) is 6.07 Å². The molecule has 5 N–H and O–H groups in total. The Labute approximate surface area is 170 Å². The summed E-state index contributed by atoms with van der Waals surface area (Å²) in [5, 5.41) is 12.9. The fourth-order valence-electron chi connectivity index (χ4n) is 3.65. The molecule has 154 valence electrons. The van der Waals surface area contributed by atoms with Crippen molar-refractivity contribution in [3.63, 3.8) is 0 Å². The molecule has 1 saturated heterocycles. The number of hydrogen-bond acceptors (Lipinski definition) is 4. The molecule has 1 unspecified atom stereocenters. The molecule has 0 aliphatic carbocycles. The average molecular weight is 425 g/mol. The number of alkyl halides is 1. The van der Waals surface area contributed by atoms with Crippen LogP contribution in [0.1, 0.15) is 29.4 Å². The maximum absolute atomic E-state index is 15.0. The Bertz CT molecular complexity index is 1070. The molecule has 29 heavy (non-hydrogen) atoms. The number of piperidine rings is 1. The molecule has 7 nitrogen and oxygen atoms in total. The van der Waals surface area contributed by atoms with Gasteiger partial charge in [0.2, 0.25) is 5.85 Å². The quantitative estimate of drug-likeness (QED) is 0.562. The second kappa shape index (κ2) is 7.54. The van der Waals surface area contributed by atoms with E-state index in [2.05, 4.69) is 22.1 Å². The fourth-order valence-corrected chi connectivity index (χ4v) is 3.88. The first kappa shape index (κ1) is 20.9. The largest absolute Gasteiger partial charge is 0.366 e. The lowest BCUT2D eigenvalue weighted by Gasteiger charge is -2.40. The first-order valence-electron chi connectivity index (χ1n) is 8.73. The van der Waals surface area contributed by atoms with Gasteiger partial charge < -0.3 is 26.0 Å². The van der Waals surface area contributed by atoms with Gasteiger partial charge in [-0.2, -0.15) is 0 Å². The van der Waals surface area contributed by atoms with Crippen molar-refractivity contribution in [2.75, 3.05) is 18.0 Å². The summed E-state index contributed by atoms with van der Waals surface area (Å²) in [7, 11) is 0. The number of H-pyrrole nitrogens is 1. The van der Waals surface area contributed by atoms with E-state index in [9.17, 15) is 19.1 Å². The van der Waals surface area contributed by atoms with E-state index in [0.717, 1.165) is 6.07 Å². The zero-order chi connectivity index (χ0) is 21.5. The van der Waals surface area contributed by atoms with Crippen LogP contribution in [0.25, 0.3) is 10.9 Å². The number of anilines is 1. The number of rotatable bonds is 3. The lowest BCUT2D eigenvalue weighted by molar-refractivity contribution is -0.120. The monoisotopic (exact) mass is 424 g/mol. The smallest absolute Gasteiger partial charge is 0.296 e. The molecule has 1 aromatic heterocycles. The minimum absolute atomic E-state index is 0.00808. The third-order valence-electron chi connectivity index (χ3n) is 4.70. The molecular formula is C19H19ClF2N4O3. The summed E-state index contributed by atoms with van der Waals surface area (Å²) in [6, 6.07) is 0.102. The Morgan fingerprint density at radius 2 is 2.21 bits per heavy atom. The maximum Gasteiger partial charge on any atom is 0.296 e. The van der Waals surface area contributed by atoms with Crippen molar-refractivity contribution < 1.29 is 23.5 Å². The maximum atomic E-state index is 15.0. The van der Waals surface area contributed by atoms with Crippen LogP contribution in [-0.4, -0.2) is 46.9 Å². The molecule has 1 aromatic carbocycles. The number of hydrogen-bond donors (Lipinski definition) is 4. The summed E-state index contributed by atoms with van der Waals surface area (Å²) < 4.78 is 29.7. The molecule has 0 saturated carbocycles. The molecular weight excluding hydrogens is 406 g/mol. The molecule has 1 aliphatic heterocycles.